The Bertz CT molecular complexity index is 1370. The lowest BCUT2D eigenvalue weighted by atomic mass is 9.66. The summed E-state index contributed by atoms with van der Waals surface area (Å²) < 4.78 is 0. The molecule has 3 aromatic carbocycles. The van der Waals surface area contributed by atoms with Crippen molar-refractivity contribution in [3.05, 3.63) is 99.6 Å². The number of rotatable bonds is 3. The Hall–Kier alpha value is -4.53. The Kier molecular flexibility index (Phi) is 5.12. The number of nitrogens with zero attached hydrogens (tertiary/aromatic N) is 3. The van der Waals surface area contributed by atoms with Crippen LogP contribution in [0.25, 0.3) is 0 Å². The molecule has 2 aliphatic heterocycles. The molecular formula is C26H22N4O5. The number of fused-ring (bicyclic) bond motifs is 1. The van der Waals surface area contributed by atoms with E-state index < -0.39 is 34.2 Å². The molecule has 0 unspecified atom stereocenters. The normalized spacial score (nSPS) is 21.7. The molecule has 1 spiro atoms. The van der Waals surface area contributed by atoms with Crippen LogP contribution in [-0.4, -0.2) is 29.8 Å². The summed E-state index contributed by atoms with van der Waals surface area (Å²) in [5.41, 5.74) is 1.28. The summed E-state index contributed by atoms with van der Waals surface area (Å²) >= 11 is 0. The number of anilines is 2. The van der Waals surface area contributed by atoms with Crippen molar-refractivity contribution in [2.45, 2.75) is 19.4 Å². The number of nitrogens with one attached hydrogen (secondary N) is 1. The molecule has 0 saturated carbocycles. The lowest BCUT2D eigenvalue weighted by Gasteiger charge is -2.50. The van der Waals surface area contributed by atoms with Gasteiger partial charge in [-0.05, 0) is 36.2 Å². The Morgan fingerprint density at radius 3 is 2.34 bits per heavy atom. The van der Waals surface area contributed by atoms with Gasteiger partial charge in [-0.3, -0.25) is 25.0 Å². The Morgan fingerprint density at radius 2 is 1.69 bits per heavy atom. The standard InChI is InChI=1S/C26H22N4O5/c1-16-8-10-19(11-9-16)29-24(32)26(23(31)27-25(29)33)15-18-14-20(30(34)35)12-13-21(18)28(2)22(26)17-6-4-3-5-7-17/h3-14,22H,15H2,1-2H3,(H,27,31,33)/t22-,26+/m1/s1. The fourth-order valence-electron chi connectivity index (χ4n) is 5.16. The predicted molar refractivity (Wildman–Crippen MR) is 129 cm³/mol. The zero-order valence-electron chi connectivity index (χ0n) is 19.1. The summed E-state index contributed by atoms with van der Waals surface area (Å²) in [5.74, 6) is -1.40. The molecule has 35 heavy (non-hydrogen) atoms. The number of non-ortho nitro benzene ring substituents is 1. The van der Waals surface area contributed by atoms with E-state index >= 15 is 0 Å². The third-order valence-electron chi connectivity index (χ3n) is 6.80. The van der Waals surface area contributed by atoms with Gasteiger partial charge in [-0.25, -0.2) is 9.69 Å². The number of imide groups is 2. The maximum Gasteiger partial charge on any atom is 0.335 e. The number of nitro groups is 1. The molecular weight excluding hydrogens is 448 g/mol. The van der Waals surface area contributed by atoms with Gasteiger partial charge < -0.3 is 4.90 Å². The molecule has 9 heteroatoms. The monoisotopic (exact) mass is 470 g/mol. The average molecular weight is 470 g/mol. The van der Waals surface area contributed by atoms with Crippen LogP contribution in [0.4, 0.5) is 21.9 Å². The smallest absolute Gasteiger partial charge is 0.335 e. The first-order valence-electron chi connectivity index (χ1n) is 11.1. The molecule has 5 rings (SSSR count). The Balaban J connectivity index is 1.74. The van der Waals surface area contributed by atoms with E-state index in [4.69, 9.17) is 0 Å². The van der Waals surface area contributed by atoms with Gasteiger partial charge in [0.25, 0.3) is 11.6 Å². The van der Waals surface area contributed by atoms with E-state index in [1.54, 1.807) is 42.3 Å². The van der Waals surface area contributed by atoms with Crippen molar-refractivity contribution in [3.63, 3.8) is 0 Å². The summed E-state index contributed by atoms with van der Waals surface area (Å²) in [6.07, 6.45) is -0.103. The molecule has 0 aliphatic carbocycles. The molecule has 1 N–H and O–H groups in total. The number of aryl methyl sites for hydroxylation is 1. The minimum absolute atomic E-state index is 0.103. The quantitative estimate of drug-likeness (QED) is 0.353. The van der Waals surface area contributed by atoms with Crippen LogP contribution in [0, 0.1) is 22.5 Å². The molecule has 2 aliphatic rings. The van der Waals surface area contributed by atoms with Crippen molar-refractivity contribution >= 4 is 34.9 Å². The molecule has 2 atom stereocenters. The summed E-state index contributed by atoms with van der Waals surface area (Å²) in [5, 5.41) is 13.8. The number of barbiturate groups is 1. The van der Waals surface area contributed by atoms with Crippen molar-refractivity contribution < 1.29 is 19.3 Å². The first-order chi connectivity index (χ1) is 16.7. The van der Waals surface area contributed by atoms with Gasteiger partial charge in [0.2, 0.25) is 5.91 Å². The highest BCUT2D eigenvalue weighted by Gasteiger charge is 2.62. The number of carbonyl (C=O) groups is 3. The van der Waals surface area contributed by atoms with Crippen LogP contribution in [-0.2, 0) is 16.0 Å². The lowest BCUT2D eigenvalue weighted by molar-refractivity contribution is -0.384. The summed E-state index contributed by atoms with van der Waals surface area (Å²) in [6, 6.07) is 18.8. The fraction of sp³-hybridized carbons (Fsp3) is 0.192. The van der Waals surface area contributed by atoms with Gasteiger partial charge in [-0.15, -0.1) is 0 Å². The topological polar surface area (TPSA) is 113 Å². The van der Waals surface area contributed by atoms with Gasteiger partial charge in [0.05, 0.1) is 16.7 Å². The van der Waals surface area contributed by atoms with Crippen LogP contribution in [0.2, 0.25) is 0 Å². The zero-order valence-corrected chi connectivity index (χ0v) is 19.1. The second kappa shape index (κ2) is 8.05. The molecule has 9 nitrogen and oxygen atoms in total. The van der Waals surface area contributed by atoms with Crippen molar-refractivity contribution in [1.82, 2.24) is 5.32 Å². The van der Waals surface area contributed by atoms with Crippen LogP contribution < -0.4 is 15.1 Å². The van der Waals surface area contributed by atoms with Gasteiger partial charge in [0, 0.05) is 31.3 Å². The molecule has 0 radical (unpaired) electrons. The van der Waals surface area contributed by atoms with E-state index in [1.165, 1.54) is 12.1 Å². The van der Waals surface area contributed by atoms with Crippen molar-refractivity contribution in [1.29, 1.82) is 0 Å². The number of nitro benzene ring substituents is 1. The number of hydrogen-bond acceptors (Lipinski definition) is 6. The van der Waals surface area contributed by atoms with E-state index in [2.05, 4.69) is 5.32 Å². The highest BCUT2D eigenvalue weighted by molar-refractivity contribution is 6.30. The molecule has 176 valence electrons. The van der Waals surface area contributed by atoms with Crippen molar-refractivity contribution in [2.75, 3.05) is 16.8 Å². The molecule has 3 aromatic rings. The van der Waals surface area contributed by atoms with Crippen LogP contribution in [0.5, 0.6) is 0 Å². The fourth-order valence-corrected chi connectivity index (χ4v) is 5.16. The number of carbonyl (C=O) groups excluding carboxylic acids is 3. The second-order valence-electron chi connectivity index (χ2n) is 8.88. The minimum atomic E-state index is -1.74. The van der Waals surface area contributed by atoms with Crippen molar-refractivity contribution in [3.8, 4) is 0 Å². The number of hydrogen-bond donors (Lipinski definition) is 1. The number of amides is 4. The largest absolute Gasteiger partial charge is 0.366 e. The van der Waals surface area contributed by atoms with E-state index in [0.29, 0.717) is 22.5 Å². The highest BCUT2D eigenvalue weighted by Crippen LogP contribution is 2.52. The molecule has 0 aromatic heterocycles. The summed E-state index contributed by atoms with van der Waals surface area (Å²) in [4.78, 5) is 54.5. The summed E-state index contributed by atoms with van der Waals surface area (Å²) in [6.45, 7) is 1.89. The van der Waals surface area contributed by atoms with E-state index in [-0.39, 0.29) is 12.1 Å². The molecule has 1 fully saturated rings. The van der Waals surface area contributed by atoms with Gasteiger partial charge >= 0.3 is 6.03 Å². The minimum Gasteiger partial charge on any atom is -0.366 e. The van der Waals surface area contributed by atoms with E-state index in [1.807, 2.05) is 37.3 Å². The number of urea groups is 1. The van der Waals surface area contributed by atoms with E-state index in [0.717, 1.165) is 10.5 Å². The first-order valence-corrected chi connectivity index (χ1v) is 11.1. The molecule has 4 amide bonds. The second-order valence-corrected chi connectivity index (χ2v) is 8.88. The molecule has 2 heterocycles. The SMILES string of the molecule is Cc1ccc(N2C(=O)NC(=O)[C@@]3(Cc4cc([N+](=O)[O-])ccc4N(C)[C@@H]3c3ccccc3)C2=O)cc1. The maximum absolute atomic E-state index is 14.3. The van der Waals surface area contributed by atoms with Gasteiger partial charge in [-0.2, -0.15) is 0 Å². The Labute approximate surface area is 201 Å². The zero-order chi connectivity index (χ0) is 24.9. The van der Waals surface area contributed by atoms with Crippen LogP contribution in [0.3, 0.4) is 0 Å². The summed E-state index contributed by atoms with van der Waals surface area (Å²) in [7, 11) is 1.75. The predicted octanol–water partition coefficient (Wildman–Crippen LogP) is 3.91. The molecule has 1 saturated heterocycles. The first kappa shape index (κ1) is 22.3. The van der Waals surface area contributed by atoms with Gasteiger partial charge in [0.15, 0.2) is 5.41 Å². The highest BCUT2D eigenvalue weighted by atomic mass is 16.6. The maximum atomic E-state index is 14.3. The van der Waals surface area contributed by atoms with Gasteiger partial charge in [0.1, 0.15) is 0 Å². The average Bonchev–Trinajstić information content (AvgIpc) is 2.84. The lowest BCUT2D eigenvalue weighted by Crippen LogP contribution is -2.69. The molecule has 0 bridgehead atoms. The third kappa shape index (κ3) is 3.35. The van der Waals surface area contributed by atoms with Crippen molar-refractivity contribution in [2.24, 2.45) is 5.41 Å². The third-order valence-corrected chi connectivity index (χ3v) is 6.80. The Morgan fingerprint density at radius 1 is 1.00 bits per heavy atom. The number of benzene rings is 3. The van der Waals surface area contributed by atoms with Gasteiger partial charge in [-0.1, -0.05) is 48.0 Å². The van der Waals surface area contributed by atoms with Crippen LogP contribution in [0.1, 0.15) is 22.7 Å². The van der Waals surface area contributed by atoms with Crippen LogP contribution >= 0.6 is 0 Å². The van der Waals surface area contributed by atoms with Crippen LogP contribution in [0.15, 0.2) is 72.8 Å². The van der Waals surface area contributed by atoms with E-state index in [9.17, 15) is 24.5 Å².